The maximum absolute atomic E-state index is 12.0. The zero-order valence-corrected chi connectivity index (χ0v) is 8.99. The summed E-state index contributed by atoms with van der Waals surface area (Å²) in [6.07, 6.45) is 3.60. The van der Waals surface area contributed by atoms with Crippen molar-refractivity contribution in [3.05, 3.63) is 29.6 Å². The number of hydrogen-bond acceptors (Lipinski definition) is 3. The number of aryl methyl sites for hydroxylation is 1. The van der Waals surface area contributed by atoms with E-state index in [1.54, 1.807) is 6.20 Å². The summed E-state index contributed by atoms with van der Waals surface area (Å²) >= 11 is 0. The second kappa shape index (κ2) is 4.53. The van der Waals surface area contributed by atoms with Crippen LogP contribution in [-0.2, 0) is 0 Å². The maximum atomic E-state index is 12.0. The molecule has 0 radical (unpaired) electrons. The number of nitrogens with one attached hydrogen (secondary N) is 1. The molecule has 1 aliphatic heterocycles. The Balaban J connectivity index is 2.09. The Morgan fingerprint density at radius 1 is 1.40 bits per heavy atom. The van der Waals surface area contributed by atoms with E-state index in [9.17, 15) is 4.79 Å². The molecular weight excluding hydrogens is 188 g/mol. The van der Waals surface area contributed by atoms with Gasteiger partial charge in [-0.1, -0.05) is 0 Å². The molecule has 1 aliphatic rings. The number of rotatable bonds is 2. The van der Waals surface area contributed by atoms with Crippen molar-refractivity contribution in [2.75, 3.05) is 13.1 Å². The SMILES string of the molecule is Cc1ccc(C(=O)C2CCNCC2)cn1. The summed E-state index contributed by atoms with van der Waals surface area (Å²) in [7, 11) is 0. The van der Waals surface area contributed by atoms with Crippen molar-refractivity contribution in [1.82, 2.24) is 10.3 Å². The average Bonchev–Trinajstić information content (AvgIpc) is 2.30. The highest BCUT2D eigenvalue weighted by molar-refractivity contribution is 5.97. The third-order valence-corrected chi connectivity index (χ3v) is 2.91. The van der Waals surface area contributed by atoms with E-state index in [2.05, 4.69) is 10.3 Å². The van der Waals surface area contributed by atoms with E-state index in [0.29, 0.717) is 0 Å². The van der Waals surface area contributed by atoms with Gasteiger partial charge in [0.05, 0.1) is 0 Å². The number of pyridine rings is 1. The molecule has 3 heteroatoms. The highest BCUT2D eigenvalue weighted by atomic mass is 16.1. The molecule has 0 bridgehead atoms. The van der Waals surface area contributed by atoms with Crippen LogP contribution in [0.3, 0.4) is 0 Å². The van der Waals surface area contributed by atoms with Crippen LogP contribution >= 0.6 is 0 Å². The molecule has 2 heterocycles. The lowest BCUT2D eigenvalue weighted by Gasteiger charge is -2.21. The predicted molar refractivity (Wildman–Crippen MR) is 58.9 cm³/mol. The van der Waals surface area contributed by atoms with E-state index in [1.807, 2.05) is 19.1 Å². The highest BCUT2D eigenvalue weighted by Crippen LogP contribution is 2.17. The van der Waals surface area contributed by atoms with E-state index in [4.69, 9.17) is 0 Å². The predicted octanol–water partition coefficient (Wildman–Crippen LogP) is 1.57. The Morgan fingerprint density at radius 3 is 2.73 bits per heavy atom. The number of piperidine rings is 1. The van der Waals surface area contributed by atoms with Gasteiger partial charge in [0.25, 0.3) is 0 Å². The molecular formula is C12H16N2O. The topological polar surface area (TPSA) is 42.0 Å². The molecule has 0 atom stereocenters. The van der Waals surface area contributed by atoms with E-state index in [1.165, 1.54) is 0 Å². The first-order chi connectivity index (χ1) is 7.27. The van der Waals surface area contributed by atoms with Crippen molar-refractivity contribution in [2.24, 2.45) is 5.92 Å². The zero-order chi connectivity index (χ0) is 10.7. The largest absolute Gasteiger partial charge is 0.317 e. The van der Waals surface area contributed by atoms with Gasteiger partial charge in [-0.3, -0.25) is 9.78 Å². The third-order valence-electron chi connectivity index (χ3n) is 2.91. The summed E-state index contributed by atoms with van der Waals surface area (Å²) in [5, 5.41) is 3.26. The number of hydrogen-bond donors (Lipinski definition) is 1. The van der Waals surface area contributed by atoms with E-state index < -0.39 is 0 Å². The number of ketones is 1. The van der Waals surface area contributed by atoms with Crippen LogP contribution in [0, 0.1) is 12.8 Å². The molecule has 80 valence electrons. The molecule has 1 fully saturated rings. The fourth-order valence-electron chi connectivity index (χ4n) is 1.93. The quantitative estimate of drug-likeness (QED) is 0.743. The van der Waals surface area contributed by atoms with Crippen molar-refractivity contribution in [2.45, 2.75) is 19.8 Å². The van der Waals surface area contributed by atoms with Crippen LogP contribution in [0.4, 0.5) is 0 Å². The fourth-order valence-corrected chi connectivity index (χ4v) is 1.93. The number of Topliss-reactive ketones (excluding diaryl/α,β-unsaturated/α-hetero) is 1. The summed E-state index contributed by atoms with van der Waals surface area (Å²) in [4.78, 5) is 16.2. The summed E-state index contributed by atoms with van der Waals surface area (Å²) in [6.45, 7) is 3.84. The monoisotopic (exact) mass is 204 g/mol. The normalized spacial score (nSPS) is 17.7. The van der Waals surface area contributed by atoms with Gasteiger partial charge in [0.15, 0.2) is 5.78 Å². The lowest BCUT2D eigenvalue weighted by molar-refractivity contribution is 0.0894. The number of carbonyl (C=O) groups is 1. The lowest BCUT2D eigenvalue weighted by Crippen LogP contribution is -2.31. The van der Waals surface area contributed by atoms with E-state index in [-0.39, 0.29) is 11.7 Å². The van der Waals surface area contributed by atoms with Crippen LogP contribution in [-0.4, -0.2) is 23.9 Å². The van der Waals surface area contributed by atoms with Gasteiger partial charge in [0.1, 0.15) is 0 Å². The minimum absolute atomic E-state index is 0.191. The standard InChI is InChI=1S/C12H16N2O/c1-9-2-3-11(8-14-9)12(15)10-4-6-13-7-5-10/h2-3,8,10,13H,4-7H2,1H3. The fraction of sp³-hybridized carbons (Fsp3) is 0.500. The van der Waals surface area contributed by atoms with Crippen LogP contribution in [0.2, 0.25) is 0 Å². The first-order valence-electron chi connectivity index (χ1n) is 5.45. The van der Waals surface area contributed by atoms with Gasteiger partial charge in [-0.15, -0.1) is 0 Å². The van der Waals surface area contributed by atoms with Gasteiger partial charge in [0, 0.05) is 23.4 Å². The molecule has 0 amide bonds. The lowest BCUT2D eigenvalue weighted by atomic mass is 9.90. The van der Waals surface area contributed by atoms with E-state index in [0.717, 1.165) is 37.2 Å². The summed E-state index contributed by atoms with van der Waals surface area (Å²) < 4.78 is 0. The summed E-state index contributed by atoms with van der Waals surface area (Å²) in [5.74, 6) is 0.444. The molecule has 0 spiro atoms. The first-order valence-corrected chi connectivity index (χ1v) is 5.45. The van der Waals surface area contributed by atoms with Crippen LogP contribution < -0.4 is 5.32 Å². The number of carbonyl (C=O) groups excluding carboxylic acids is 1. The molecule has 1 aromatic heterocycles. The van der Waals surface area contributed by atoms with Crippen molar-refractivity contribution < 1.29 is 4.79 Å². The second-order valence-electron chi connectivity index (χ2n) is 4.08. The molecule has 3 nitrogen and oxygen atoms in total. The minimum Gasteiger partial charge on any atom is -0.317 e. The Kier molecular flexibility index (Phi) is 3.11. The number of nitrogens with zero attached hydrogens (tertiary/aromatic N) is 1. The van der Waals surface area contributed by atoms with E-state index >= 15 is 0 Å². The molecule has 0 saturated carbocycles. The van der Waals surface area contributed by atoms with Crippen molar-refractivity contribution in [1.29, 1.82) is 0 Å². The van der Waals surface area contributed by atoms with Crippen LogP contribution in [0.5, 0.6) is 0 Å². The van der Waals surface area contributed by atoms with Crippen molar-refractivity contribution in [3.8, 4) is 0 Å². The van der Waals surface area contributed by atoms with Crippen LogP contribution in [0.15, 0.2) is 18.3 Å². The van der Waals surface area contributed by atoms with Gasteiger partial charge in [-0.2, -0.15) is 0 Å². The van der Waals surface area contributed by atoms with Crippen molar-refractivity contribution >= 4 is 5.78 Å². The van der Waals surface area contributed by atoms with Gasteiger partial charge >= 0.3 is 0 Å². The second-order valence-corrected chi connectivity index (χ2v) is 4.08. The maximum Gasteiger partial charge on any atom is 0.167 e. The Labute approximate surface area is 89.9 Å². The molecule has 0 unspecified atom stereocenters. The third kappa shape index (κ3) is 2.42. The zero-order valence-electron chi connectivity index (χ0n) is 8.99. The molecule has 2 rings (SSSR count). The molecule has 1 N–H and O–H groups in total. The van der Waals surface area contributed by atoms with Crippen LogP contribution in [0.1, 0.15) is 28.9 Å². The first kappa shape index (κ1) is 10.3. The Morgan fingerprint density at radius 2 is 2.13 bits per heavy atom. The average molecular weight is 204 g/mol. The van der Waals surface area contributed by atoms with Gasteiger partial charge in [-0.05, 0) is 45.0 Å². The summed E-state index contributed by atoms with van der Waals surface area (Å²) in [5.41, 5.74) is 1.71. The Hall–Kier alpha value is -1.22. The van der Waals surface area contributed by atoms with Gasteiger partial charge in [0.2, 0.25) is 0 Å². The van der Waals surface area contributed by atoms with Gasteiger partial charge < -0.3 is 5.32 Å². The molecule has 15 heavy (non-hydrogen) atoms. The van der Waals surface area contributed by atoms with Gasteiger partial charge in [-0.25, -0.2) is 0 Å². The smallest absolute Gasteiger partial charge is 0.167 e. The van der Waals surface area contributed by atoms with Crippen LogP contribution in [0.25, 0.3) is 0 Å². The molecule has 1 saturated heterocycles. The number of aromatic nitrogens is 1. The summed E-state index contributed by atoms with van der Waals surface area (Å²) in [6, 6.07) is 3.78. The van der Waals surface area contributed by atoms with Crippen molar-refractivity contribution in [3.63, 3.8) is 0 Å². The Bertz CT molecular complexity index is 339. The minimum atomic E-state index is 0.191. The molecule has 1 aromatic rings. The molecule has 0 aromatic carbocycles. The highest BCUT2D eigenvalue weighted by Gasteiger charge is 2.21. The molecule has 0 aliphatic carbocycles.